The molecule has 0 bridgehead atoms. The largest absolute Gasteiger partial charge is 0.454 e. The van der Waals surface area contributed by atoms with Gasteiger partial charge >= 0.3 is 5.97 Å². The van der Waals surface area contributed by atoms with Crippen LogP contribution in [0.4, 0.5) is 0 Å². The number of hydrogen-bond donors (Lipinski definition) is 6. The van der Waals surface area contributed by atoms with E-state index in [1.807, 2.05) is 6.08 Å². The molecule has 11 heteroatoms. The lowest BCUT2D eigenvalue weighted by molar-refractivity contribution is -0.305. The van der Waals surface area contributed by atoms with E-state index in [1.54, 1.807) is 6.08 Å². The molecule has 0 aromatic carbocycles. The third kappa shape index (κ3) is 42.0. The van der Waals surface area contributed by atoms with Crippen molar-refractivity contribution >= 4 is 11.9 Å². The molecule has 11 nitrogen and oxygen atoms in total. The molecule has 0 aromatic rings. The zero-order chi connectivity index (χ0) is 56.1. The highest BCUT2D eigenvalue weighted by molar-refractivity contribution is 5.80. The maximum Gasteiger partial charge on any atom is 0.306 e. The summed E-state index contributed by atoms with van der Waals surface area (Å²) in [7, 11) is 0. The van der Waals surface area contributed by atoms with Crippen molar-refractivity contribution in [2.45, 2.75) is 333 Å². The molecule has 6 N–H and O–H groups in total. The lowest BCUT2D eigenvalue weighted by atomic mass is 9.99. The van der Waals surface area contributed by atoms with Gasteiger partial charge in [-0.05, 0) is 70.6 Å². The van der Waals surface area contributed by atoms with Crippen molar-refractivity contribution in [3.8, 4) is 0 Å². The van der Waals surface area contributed by atoms with E-state index in [2.05, 4.69) is 74.7 Å². The van der Waals surface area contributed by atoms with Crippen LogP contribution < -0.4 is 5.32 Å². The Hall–Kier alpha value is -2.64. The average Bonchev–Trinajstić information content (AvgIpc) is 3.43. The van der Waals surface area contributed by atoms with Crippen LogP contribution in [0.5, 0.6) is 0 Å². The Bertz CT molecular complexity index is 1480. The molecule has 8 atom stereocenters. The second-order valence-electron chi connectivity index (χ2n) is 22.1. The zero-order valence-corrected chi connectivity index (χ0v) is 49.6. The highest BCUT2D eigenvalue weighted by Crippen LogP contribution is 2.26. The van der Waals surface area contributed by atoms with Gasteiger partial charge in [0.15, 0.2) is 12.4 Å². The van der Waals surface area contributed by atoms with Crippen molar-refractivity contribution in [2.24, 2.45) is 0 Å². The molecular formula is C66H119NO10. The number of hydrogen-bond acceptors (Lipinski definition) is 10. The quantitative estimate of drug-likeness (QED) is 0.0195. The van der Waals surface area contributed by atoms with Crippen molar-refractivity contribution in [3.63, 3.8) is 0 Å². The highest BCUT2D eigenvalue weighted by atomic mass is 16.7. The Morgan fingerprint density at radius 3 is 1.36 bits per heavy atom. The first-order valence-electron chi connectivity index (χ1n) is 32.1. The van der Waals surface area contributed by atoms with Gasteiger partial charge in [0.25, 0.3) is 0 Å². The molecule has 1 aliphatic heterocycles. The second-order valence-corrected chi connectivity index (χ2v) is 22.1. The van der Waals surface area contributed by atoms with Crippen LogP contribution in [0.3, 0.4) is 0 Å². The van der Waals surface area contributed by atoms with Gasteiger partial charge in [-0.15, -0.1) is 0 Å². The van der Waals surface area contributed by atoms with Crippen molar-refractivity contribution < 1.29 is 49.3 Å². The van der Waals surface area contributed by atoms with Crippen LogP contribution in [-0.4, -0.2) is 99.6 Å². The van der Waals surface area contributed by atoms with E-state index in [0.29, 0.717) is 12.8 Å². The molecule has 0 aromatic heterocycles. The number of ether oxygens (including phenoxy) is 3. The van der Waals surface area contributed by atoms with Crippen LogP contribution >= 0.6 is 0 Å². The zero-order valence-electron chi connectivity index (χ0n) is 49.6. The minimum absolute atomic E-state index is 0.125. The Labute approximate surface area is 471 Å². The van der Waals surface area contributed by atoms with Gasteiger partial charge in [-0.3, -0.25) is 9.59 Å². The Kier molecular flexibility index (Phi) is 50.7. The summed E-state index contributed by atoms with van der Waals surface area (Å²) in [5.74, 6) is -1.19. The molecular weight excluding hydrogens is 967 g/mol. The van der Waals surface area contributed by atoms with Crippen molar-refractivity contribution in [1.82, 2.24) is 5.32 Å². The number of rotatable bonds is 54. The third-order valence-electron chi connectivity index (χ3n) is 14.9. The van der Waals surface area contributed by atoms with Gasteiger partial charge in [0.1, 0.15) is 24.4 Å². The molecule has 0 spiro atoms. The van der Waals surface area contributed by atoms with E-state index < -0.39 is 67.4 Å². The summed E-state index contributed by atoms with van der Waals surface area (Å²) in [6.45, 7) is 5.74. The van der Waals surface area contributed by atoms with E-state index >= 15 is 0 Å². The number of aliphatic hydroxyl groups excluding tert-OH is 5. The van der Waals surface area contributed by atoms with Gasteiger partial charge in [0.2, 0.25) is 5.91 Å². The van der Waals surface area contributed by atoms with Crippen molar-refractivity contribution in [2.75, 3.05) is 13.2 Å². The number of aliphatic hydroxyl groups is 5. The lowest BCUT2D eigenvalue weighted by Crippen LogP contribution is -2.61. The molecule has 8 unspecified atom stereocenters. The van der Waals surface area contributed by atoms with Gasteiger partial charge in [-0.2, -0.15) is 0 Å². The Morgan fingerprint density at radius 1 is 0.506 bits per heavy atom. The average molecular weight is 1090 g/mol. The molecule has 0 saturated carbocycles. The minimum atomic E-state index is -1.61. The fourth-order valence-corrected chi connectivity index (χ4v) is 9.81. The van der Waals surface area contributed by atoms with Crippen LogP contribution in [0.1, 0.15) is 284 Å². The molecule has 448 valence electrons. The van der Waals surface area contributed by atoms with Gasteiger partial charge in [-0.25, -0.2) is 0 Å². The number of amides is 1. The number of unbranched alkanes of at least 4 members (excludes halogenated alkanes) is 32. The van der Waals surface area contributed by atoms with Crippen LogP contribution in [0.25, 0.3) is 0 Å². The van der Waals surface area contributed by atoms with E-state index in [0.717, 1.165) is 83.5 Å². The number of carbonyl (C=O) groups excluding carboxylic acids is 2. The maximum absolute atomic E-state index is 13.4. The fourth-order valence-electron chi connectivity index (χ4n) is 9.81. The molecule has 0 aliphatic carbocycles. The monoisotopic (exact) mass is 1090 g/mol. The Balaban J connectivity index is 2.57. The molecule has 0 radical (unpaired) electrons. The Morgan fingerprint density at radius 2 is 0.896 bits per heavy atom. The maximum atomic E-state index is 13.4. The summed E-state index contributed by atoms with van der Waals surface area (Å²) in [6, 6.07) is -1.02. The lowest BCUT2D eigenvalue weighted by Gasteiger charge is -2.41. The fraction of sp³-hybridized carbons (Fsp3) is 0.818. The van der Waals surface area contributed by atoms with Gasteiger partial charge < -0.3 is 45.1 Å². The number of nitrogens with one attached hydrogen (secondary N) is 1. The summed E-state index contributed by atoms with van der Waals surface area (Å²) in [5, 5.41) is 56.9. The second kappa shape index (κ2) is 54.0. The molecule has 1 rings (SSSR count). The third-order valence-corrected chi connectivity index (χ3v) is 14.9. The van der Waals surface area contributed by atoms with E-state index in [-0.39, 0.29) is 19.4 Å². The standard InChI is InChI=1S/C66H119NO10/c1-4-7-10-13-16-19-22-23-24-25-26-27-28-29-30-31-32-33-34-35-36-39-41-44-47-50-53-59(70)65(74)67-57(58(69)52-49-46-43-40-37-20-17-14-11-8-5-2)56-75-66-64(63(73)62(72)60(55-68)76-66)77-61(71)54-51-48-45-42-38-21-18-15-12-9-6-3/h16,19,23-24,26-27,29-30,49,52,57-60,62-64,66,68-70,72-73H,4-15,17-18,20-22,25,28,31-48,50-51,53-56H2,1-3H3,(H,67,74)/b19-16-,24-23-,27-26-,30-29-,52-49+. The number of carbonyl (C=O) groups is 2. The molecule has 1 saturated heterocycles. The van der Waals surface area contributed by atoms with Crippen molar-refractivity contribution in [3.05, 3.63) is 60.8 Å². The molecule has 1 heterocycles. The summed E-state index contributed by atoms with van der Waals surface area (Å²) in [4.78, 5) is 26.5. The van der Waals surface area contributed by atoms with Crippen LogP contribution in [0.2, 0.25) is 0 Å². The predicted octanol–water partition coefficient (Wildman–Crippen LogP) is 15.4. The van der Waals surface area contributed by atoms with Crippen LogP contribution in [0.15, 0.2) is 60.8 Å². The van der Waals surface area contributed by atoms with E-state index in [1.165, 1.54) is 154 Å². The molecule has 1 aliphatic rings. The van der Waals surface area contributed by atoms with Gasteiger partial charge in [-0.1, -0.05) is 268 Å². The topological polar surface area (TPSA) is 175 Å². The van der Waals surface area contributed by atoms with E-state index in [4.69, 9.17) is 14.2 Å². The summed E-state index contributed by atoms with van der Waals surface area (Å²) < 4.78 is 17.6. The summed E-state index contributed by atoms with van der Waals surface area (Å²) in [6.07, 6.45) is 57.0. The van der Waals surface area contributed by atoms with Gasteiger partial charge in [0.05, 0.1) is 25.4 Å². The van der Waals surface area contributed by atoms with Crippen LogP contribution in [0, 0.1) is 0 Å². The smallest absolute Gasteiger partial charge is 0.306 e. The SMILES string of the molecule is CCCCC/C=C\C/C=C\C/C=C\C/C=C\CCCCCCCCCCCCC(O)C(=O)NC(COC1OC(CO)C(O)C(O)C1OC(=O)CCCCCCCCCCCCC)C(O)/C=C/CCCCCCCCCCC. The number of allylic oxidation sites excluding steroid dienone is 9. The molecule has 1 fully saturated rings. The van der Waals surface area contributed by atoms with Gasteiger partial charge in [0, 0.05) is 6.42 Å². The first kappa shape index (κ1) is 72.4. The first-order valence-corrected chi connectivity index (χ1v) is 32.1. The minimum Gasteiger partial charge on any atom is -0.454 e. The molecule has 1 amide bonds. The first-order chi connectivity index (χ1) is 37.7. The van der Waals surface area contributed by atoms with Crippen LogP contribution in [-0.2, 0) is 23.8 Å². The highest BCUT2D eigenvalue weighted by Gasteiger charge is 2.47. The van der Waals surface area contributed by atoms with Crippen molar-refractivity contribution in [1.29, 1.82) is 0 Å². The summed E-state index contributed by atoms with van der Waals surface area (Å²) in [5.41, 5.74) is 0. The predicted molar refractivity (Wildman–Crippen MR) is 320 cm³/mol. The normalized spacial score (nSPS) is 19.4. The van der Waals surface area contributed by atoms with E-state index in [9.17, 15) is 35.1 Å². The summed E-state index contributed by atoms with van der Waals surface area (Å²) >= 11 is 0. The number of esters is 1. The molecule has 77 heavy (non-hydrogen) atoms.